The fourth-order valence-electron chi connectivity index (χ4n) is 3.34. The monoisotopic (exact) mass is 391 g/mol. The highest BCUT2D eigenvalue weighted by molar-refractivity contribution is 5.93. The van der Waals surface area contributed by atoms with Crippen molar-refractivity contribution in [2.24, 2.45) is 0 Å². The van der Waals surface area contributed by atoms with E-state index in [1.54, 1.807) is 11.6 Å². The van der Waals surface area contributed by atoms with Gasteiger partial charge in [0.25, 0.3) is 0 Å². The molecule has 148 valence electrons. The van der Waals surface area contributed by atoms with Gasteiger partial charge in [0.15, 0.2) is 5.82 Å². The summed E-state index contributed by atoms with van der Waals surface area (Å²) < 4.78 is 6.81. The molecule has 8 nitrogen and oxygen atoms in total. The van der Waals surface area contributed by atoms with Crippen LogP contribution in [0.1, 0.15) is 12.7 Å². The second kappa shape index (κ2) is 7.75. The Morgan fingerprint density at radius 1 is 1.21 bits per heavy atom. The second-order valence-corrected chi connectivity index (χ2v) is 6.69. The van der Waals surface area contributed by atoms with Crippen molar-refractivity contribution in [3.05, 3.63) is 59.6 Å². The molecule has 2 heterocycles. The number of carbonyl (C=O) groups is 2. The Morgan fingerprint density at radius 3 is 2.79 bits per heavy atom. The first-order chi connectivity index (χ1) is 14.0. The Bertz CT molecular complexity index is 1130. The standard InChI is InChI=1S/C21H21N5O3/c1-3-29-20(27)17-11-22-21(28)24-18(17)12-26-19(23-13(2)25-26)16-9-8-14-6-4-5-7-15(14)10-16/h4-10H,3,11-12H2,1-2H3,(H2,22,24,28). The molecule has 0 aliphatic carbocycles. The predicted octanol–water partition coefficient (Wildman–Crippen LogP) is 2.54. The molecule has 4 rings (SSSR count). The normalized spacial score (nSPS) is 13.9. The van der Waals surface area contributed by atoms with Crippen LogP contribution in [-0.2, 0) is 16.1 Å². The first kappa shape index (κ1) is 18.7. The molecule has 2 amide bonds. The number of nitrogens with one attached hydrogen (secondary N) is 2. The molecule has 0 spiro atoms. The van der Waals surface area contributed by atoms with Crippen molar-refractivity contribution in [1.82, 2.24) is 25.4 Å². The minimum absolute atomic E-state index is 0.110. The van der Waals surface area contributed by atoms with Crippen LogP contribution in [0.5, 0.6) is 0 Å². The summed E-state index contributed by atoms with van der Waals surface area (Å²) in [7, 11) is 0. The molecule has 2 N–H and O–H groups in total. The largest absolute Gasteiger partial charge is 0.463 e. The van der Waals surface area contributed by atoms with Crippen LogP contribution in [0, 0.1) is 6.92 Å². The van der Waals surface area contributed by atoms with E-state index in [0.717, 1.165) is 16.3 Å². The number of urea groups is 1. The molecule has 8 heteroatoms. The molecule has 3 aromatic rings. The van der Waals surface area contributed by atoms with Crippen LogP contribution < -0.4 is 10.6 Å². The summed E-state index contributed by atoms with van der Waals surface area (Å²) in [6.07, 6.45) is 0. The molecule has 0 unspecified atom stereocenters. The van der Waals surface area contributed by atoms with E-state index >= 15 is 0 Å². The van der Waals surface area contributed by atoms with Crippen LogP contribution >= 0.6 is 0 Å². The van der Waals surface area contributed by atoms with Crippen molar-refractivity contribution < 1.29 is 14.3 Å². The third kappa shape index (κ3) is 3.82. The number of benzene rings is 2. The fraction of sp³-hybridized carbons (Fsp3) is 0.238. The zero-order chi connectivity index (χ0) is 20.4. The van der Waals surface area contributed by atoms with Crippen molar-refractivity contribution in [2.45, 2.75) is 20.4 Å². The minimum Gasteiger partial charge on any atom is -0.463 e. The van der Waals surface area contributed by atoms with Crippen molar-refractivity contribution in [1.29, 1.82) is 0 Å². The first-order valence-corrected chi connectivity index (χ1v) is 9.39. The molecule has 1 aliphatic rings. The number of aryl methyl sites for hydroxylation is 1. The Balaban J connectivity index is 1.73. The number of ether oxygens (including phenoxy) is 1. The Kier molecular flexibility index (Phi) is 4.99. The lowest BCUT2D eigenvalue weighted by Crippen LogP contribution is -2.45. The fourth-order valence-corrected chi connectivity index (χ4v) is 3.34. The zero-order valence-corrected chi connectivity index (χ0v) is 16.2. The highest BCUT2D eigenvalue weighted by Crippen LogP contribution is 2.24. The number of fused-ring (bicyclic) bond motifs is 1. The number of aromatic nitrogens is 3. The number of amides is 2. The van der Waals surface area contributed by atoms with Crippen molar-refractivity contribution >= 4 is 22.8 Å². The molecule has 1 aliphatic heterocycles. The highest BCUT2D eigenvalue weighted by Gasteiger charge is 2.25. The van der Waals surface area contributed by atoms with Crippen LogP contribution in [-0.4, -0.2) is 39.9 Å². The lowest BCUT2D eigenvalue weighted by atomic mass is 10.1. The zero-order valence-electron chi connectivity index (χ0n) is 16.2. The Morgan fingerprint density at radius 2 is 2.00 bits per heavy atom. The van der Waals surface area contributed by atoms with E-state index in [4.69, 9.17) is 4.74 Å². The summed E-state index contributed by atoms with van der Waals surface area (Å²) in [5, 5.41) is 12.0. The van der Waals surface area contributed by atoms with Crippen molar-refractivity contribution in [2.75, 3.05) is 13.2 Å². The number of hydrogen-bond donors (Lipinski definition) is 2. The maximum atomic E-state index is 12.3. The van der Waals surface area contributed by atoms with E-state index in [-0.39, 0.29) is 25.7 Å². The van der Waals surface area contributed by atoms with Crippen LogP contribution in [0.15, 0.2) is 53.7 Å². The van der Waals surface area contributed by atoms with Gasteiger partial charge in [0.05, 0.1) is 31.0 Å². The van der Waals surface area contributed by atoms with E-state index in [0.29, 0.717) is 22.9 Å². The number of esters is 1. The quantitative estimate of drug-likeness (QED) is 0.652. The third-order valence-corrected chi connectivity index (χ3v) is 4.67. The molecular weight excluding hydrogens is 370 g/mol. The van der Waals surface area contributed by atoms with E-state index in [2.05, 4.69) is 32.8 Å². The average Bonchev–Trinajstić information content (AvgIpc) is 3.08. The van der Waals surface area contributed by atoms with Gasteiger partial charge in [0.1, 0.15) is 5.82 Å². The summed E-state index contributed by atoms with van der Waals surface area (Å²) >= 11 is 0. The number of nitrogens with zero attached hydrogens (tertiary/aromatic N) is 3. The second-order valence-electron chi connectivity index (χ2n) is 6.69. The van der Waals surface area contributed by atoms with E-state index in [9.17, 15) is 9.59 Å². The number of hydrogen-bond acceptors (Lipinski definition) is 5. The maximum absolute atomic E-state index is 12.3. The van der Waals surface area contributed by atoms with Gasteiger partial charge < -0.3 is 15.4 Å². The smallest absolute Gasteiger partial charge is 0.337 e. The Labute approximate surface area is 167 Å². The molecular formula is C21H21N5O3. The van der Waals surface area contributed by atoms with Crippen LogP contribution in [0.4, 0.5) is 4.79 Å². The van der Waals surface area contributed by atoms with Gasteiger partial charge in [-0.05, 0) is 30.7 Å². The number of rotatable bonds is 5. The maximum Gasteiger partial charge on any atom is 0.337 e. The lowest BCUT2D eigenvalue weighted by Gasteiger charge is -2.21. The van der Waals surface area contributed by atoms with Crippen molar-refractivity contribution in [3.63, 3.8) is 0 Å². The number of carbonyl (C=O) groups excluding carboxylic acids is 2. The van der Waals surface area contributed by atoms with Gasteiger partial charge in [-0.25, -0.2) is 19.3 Å². The molecule has 29 heavy (non-hydrogen) atoms. The molecule has 1 aromatic heterocycles. The first-order valence-electron chi connectivity index (χ1n) is 9.39. The van der Waals surface area contributed by atoms with Crippen LogP contribution in [0.25, 0.3) is 22.2 Å². The summed E-state index contributed by atoms with van der Waals surface area (Å²) in [6, 6.07) is 13.8. The lowest BCUT2D eigenvalue weighted by molar-refractivity contribution is -0.138. The van der Waals surface area contributed by atoms with Gasteiger partial charge >= 0.3 is 12.0 Å². The molecule has 0 saturated heterocycles. The summed E-state index contributed by atoms with van der Waals surface area (Å²) in [5.41, 5.74) is 1.74. The Hall–Kier alpha value is -3.68. The van der Waals surface area contributed by atoms with Gasteiger partial charge in [-0.15, -0.1) is 0 Å². The van der Waals surface area contributed by atoms with Gasteiger partial charge in [-0.1, -0.05) is 36.4 Å². The molecule has 0 saturated carbocycles. The molecule has 0 fully saturated rings. The topological polar surface area (TPSA) is 98.1 Å². The molecule has 0 radical (unpaired) electrons. The van der Waals surface area contributed by atoms with Crippen LogP contribution in [0.3, 0.4) is 0 Å². The predicted molar refractivity (Wildman–Crippen MR) is 108 cm³/mol. The van der Waals surface area contributed by atoms with E-state index in [1.165, 1.54) is 0 Å². The van der Waals surface area contributed by atoms with E-state index in [1.807, 2.05) is 37.3 Å². The SMILES string of the molecule is CCOC(=O)C1=C(Cn2nc(C)nc2-c2ccc3ccccc3c2)NC(=O)NC1. The molecule has 2 aromatic carbocycles. The van der Waals surface area contributed by atoms with E-state index < -0.39 is 5.97 Å². The van der Waals surface area contributed by atoms with Crippen molar-refractivity contribution in [3.8, 4) is 11.4 Å². The summed E-state index contributed by atoms with van der Waals surface area (Å²) in [4.78, 5) is 28.7. The van der Waals surface area contributed by atoms with Crippen LogP contribution in [0.2, 0.25) is 0 Å². The molecule has 0 atom stereocenters. The highest BCUT2D eigenvalue weighted by atomic mass is 16.5. The van der Waals surface area contributed by atoms with Gasteiger partial charge in [-0.3, -0.25) is 0 Å². The average molecular weight is 391 g/mol. The third-order valence-electron chi connectivity index (χ3n) is 4.67. The molecule has 0 bridgehead atoms. The summed E-state index contributed by atoms with van der Waals surface area (Å²) in [5.74, 6) is 0.808. The van der Waals surface area contributed by atoms with Gasteiger partial charge in [-0.2, -0.15) is 5.10 Å². The van der Waals surface area contributed by atoms with Gasteiger partial charge in [0.2, 0.25) is 0 Å². The van der Waals surface area contributed by atoms with Gasteiger partial charge in [0, 0.05) is 5.56 Å². The minimum atomic E-state index is -0.459. The summed E-state index contributed by atoms with van der Waals surface area (Å²) in [6.45, 7) is 4.12. The number of allylic oxidation sites excluding steroid dienone is 1.